The lowest BCUT2D eigenvalue weighted by Gasteiger charge is -2.03. The number of methoxy groups -OCH3 is 1. The molecule has 2 aromatic heterocycles. The smallest absolute Gasteiger partial charge is 0.337 e. The molecule has 6 heteroatoms. The van der Waals surface area contributed by atoms with Crippen LogP contribution in [-0.4, -0.2) is 22.6 Å². The Morgan fingerprint density at radius 3 is 3.00 bits per heavy atom. The van der Waals surface area contributed by atoms with Crippen molar-refractivity contribution in [1.82, 2.24) is 9.55 Å². The van der Waals surface area contributed by atoms with E-state index in [1.54, 1.807) is 17.4 Å². The predicted octanol–water partition coefficient (Wildman–Crippen LogP) is 3.58. The number of carbonyl (C=O) groups is 1. The van der Waals surface area contributed by atoms with Crippen molar-refractivity contribution in [3.63, 3.8) is 0 Å². The molecule has 0 radical (unpaired) electrons. The molecule has 0 N–H and O–H groups in total. The van der Waals surface area contributed by atoms with Gasteiger partial charge in [0, 0.05) is 41.6 Å². The van der Waals surface area contributed by atoms with E-state index in [4.69, 9.17) is 10.00 Å². The first-order valence-corrected chi connectivity index (χ1v) is 8.56. The van der Waals surface area contributed by atoms with Crippen LogP contribution in [0.2, 0.25) is 0 Å². The van der Waals surface area contributed by atoms with Crippen molar-refractivity contribution in [3.05, 3.63) is 52.1 Å². The highest BCUT2D eigenvalue weighted by Gasteiger charge is 2.13. The predicted molar refractivity (Wildman–Crippen MR) is 93.0 cm³/mol. The van der Waals surface area contributed by atoms with Crippen molar-refractivity contribution in [2.24, 2.45) is 0 Å². The maximum Gasteiger partial charge on any atom is 0.337 e. The summed E-state index contributed by atoms with van der Waals surface area (Å²) in [5.41, 5.74) is 2.73. The Hall–Kier alpha value is -2.65. The van der Waals surface area contributed by atoms with E-state index < -0.39 is 0 Å². The Labute approximate surface area is 144 Å². The van der Waals surface area contributed by atoms with Gasteiger partial charge < -0.3 is 9.30 Å². The van der Waals surface area contributed by atoms with E-state index in [1.807, 2.05) is 23.7 Å². The molecule has 0 unspecified atom stereocenters. The Morgan fingerprint density at radius 2 is 2.29 bits per heavy atom. The standard InChI is InChI=1S/C18H17N3O2S/c1-23-18(22)13-3-5-16-15(11-13)14(12-21(16)9-2-7-19)4-6-17-20-8-10-24-17/h3,5,8,10-12H,2,4,6,9H2,1H3. The van der Waals surface area contributed by atoms with Crippen LogP contribution < -0.4 is 0 Å². The summed E-state index contributed by atoms with van der Waals surface area (Å²) in [5, 5.41) is 13.0. The summed E-state index contributed by atoms with van der Waals surface area (Å²) in [5.74, 6) is -0.340. The molecule has 0 saturated carbocycles. The number of ether oxygens (including phenoxy) is 1. The number of hydrogen-bond donors (Lipinski definition) is 0. The molecule has 3 rings (SSSR count). The van der Waals surface area contributed by atoms with E-state index in [9.17, 15) is 4.79 Å². The molecule has 122 valence electrons. The molecule has 2 heterocycles. The number of fused-ring (bicyclic) bond motifs is 1. The summed E-state index contributed by atoms with van der Waals surface area (Å²) in [6, 6.07) is 7.74. The van der Waals surface area contributed by atoms with E-state index in [0.717, 1.165) is 34.3 Å². The molecule has 0 aliphatic heterocycles. The highest BCUT2D eigenvalue weighted by molar-refractivity contribution is 7.09. The van der Waals surface area contributed by atoms with Gasteiger partial charge in [0.25, 0.3) is 0 Å². The van der Waals surface area contributed by atoms with Crippen LogP contribution in [0.5, 0.6) is 0 Å². The minimum absolute atomic E-state index is 0.340. The van der Waals surface area contributed by atoms with Crippen molar-refractivity contribution >= 4 is 28.2 Å². The summed E-state index contributed by atoms with van der Waals surface area (Å²) in [4.78, 5) is 16.1. The quantitative estimate of drug-likeness (QED) is 0.644. The van der Waals surface area contributed by atoms with Crippen molar-refractivity contribution in [2.45, 2.75) is 25.8 Å². The lowest BCUT2D eigenvalue weighted by atomic mass is 10.1. The van der Waals surface area contributed by atoms with Gasteiger partial charge in [0.05, 0.1) is 30.2 Å². The van der Waals surface area contributed by atoms with Gasteiger partial charge in [-0.2, -0.15) is 5.26 Å². The lowest BCUT2D eigenvalue weighted by molar-refractivity contribution is 0.0601. The highest BCUT2D eigenvalue weighted by atomic mass is 32.1. The number of hydrogen-bond acceptors (Lipinski definition) is 5. The summed E-state index contributed by atoms with van der Waals surface area (Å²) >= 11 is 1.64. The monoisotopic (exact) mass is 339 g/mol. The maximum atomic E-state index is 11.8. The molecule has 5 nitrogen and oxygen atoms in total. The van der Waals surface area contributed by atoms with Crippen molar-refractivity contribution in [3.8, 4) is 6.07 Å². The van der Waals surface area contributed by atoms with Crippen LogP contribution in [0.15, 0.2) is 36.0 Å². The minimum atomic E-state index is -0.340. The molecule has 0 bridgehead atoms. The fourth-order valence-electron chi connectivity index (χ4n) is 2.79. The van der Waals surface area contributed by atoms with Crippen LogP contribution in [0.1, 0.15) is 27.3 Å². The number of benzene rings is 1. The van der Waals surface area contributed by atoms with Crippen molar-refractivity contribution in [1.29, 1.82) is 5.26 Å². The number of nitrogens with zero attached hydrogens (tertiary/aromatic N) is 3. The topological polar surface area (TPSA) is 67.9 Å². The van der Waals surface area contributed by atoms with Gasteiger partial charge in [-0.15, -0.1) is 11.3 Å². The van der Waals surface area contributed by atoms with Crippen molar-refractivity contribution < 1.29 is 9.53 Å². The number of aromatic nitrogens is 2. The number of rotatable bonds is 6. The van der Waals surface area contributed by atoms with Crippen LogP contribution in [0, 0.1) is 11.3 Å². The first-order valence-electron chi connectivity index (χ1n) is 7.68. The van der Waals surface area contributed by atoms with Gasteiger partial charge in [0.1, 0.15) is 0 Å². The third-order valence-corrected chi connectivity index (χ3v) is 4.78. The van der Waals surface area contributed by atoms with E-state index in [0.29, 0.717) is 18.5 Å². The summed E-state index contributed by atoms with van der Waals surface area (Å²) < 4.78 is 6.90. The molecule has 0 fully saturated rings. The molecule has 0 aliphatic carbocycles. The van der Waals surface area contributed by atoms with Crippen molar-refractivity contribution in [2.75, 3.05) is 7.11 Å². The average Bonchev–Trinajstić information content (AvgIpc) is 3.24. The maximum absolute atomic E-state index is 11.8. The minimum Gasteiger partial charge on any atom is -0.465 e. The lowest BCUT2D eigenvalue weighted by Crippen LogP contribution is -2.01. The van der Waals surface area contributed by atoms with Gasteiger partial charge in [0.2, 0.25) is 0 Å². The molecule has 0 spiro atoms. The summed E-state index contributed by atoms with van der Waals surface area (Å²) in [7, 11) is 1.38. The molecule has 0 atom stereocenters. The van der Waals surface area contributed by atoms with Gasteiger partial charge >= 0.3 is 5.97 Å². The number of esters is 1. The van der Waals surface area contributed by atoms with Gasteiger partial charge in [-0.25, -0.2) is 9.78 Å². The average molecular weight is 339 g/mol. The SMILES string of the molecule is COC(=O)c1ccc2c(c1)c(CCc1nccs1)cn2CCC#N. The molecule has 0 saturated heterocycles. The Bertz CT molecular complexity index is 891. The highest BCUT2D eigenvalue weighted by Crippen LogP contribution is 2.25. The van der Waals surface area contributed by atoms with Crippen LogP contribution >= 0.6 is 11.3 Å². The molecular weight excluding hydrogens is 322 g/mol. The van der Waals surface area contributed by atoms with Crippen LogP contribution in [0.3, 0.4) is 0 Å². The first-order chi connectivity index (χ1) is 11.7. The second-order valence-electron chi connectivity index (χ2n) is 5.41. The molecule has 0 aliphatic rings. The third-order valence-electron chi connectivity index (χ3n) is 3.94. The molecule has 1 aromatic carbocycles. The Kier molecular flexibility index (Phi) is 4.92. The van der Waals surface area contributed by atoms with E-state index >= 15 is 0 Å². The first kappa shape index (κ1) is 16.2. The Balaban J connectivity index is 1.97. The largest absolute Gasteiger partial charge is 0.465 e. The molecule has 3 aromatic rings. The van der Waals surface area contributed by atoms with Gasteiger partial charge in [-0.1, -0.05) is 0 Å². The second-order valence-corrected chi connectivity index (χ2v) is 6.38. The van der Waals surface area contributed by atoms with E-state index in [-0.39, 0.29) is 5.97 Å². The van der Waals surface area contributed by atoms with Gasteiger partial charge in [-0.05, 0) is 30.2 Å². The normalized spacial score (nSPS) is 10.7. The summed E-state index contributed by atoms with van der Waals surface area (Å²) in [6.07, 6.45) is 6.04. The zero-order valence-corrected chi connectivity index (χ0v) is 14.2. The molecular formula is C18H17N3O2S. The van der Waals surface area contributed by atoms with E-state index in [1.165, 1.54) is 7.11 Å². The zero-order chi connectivity index (χ0) is 16.9. The third kappa shape index (κ3) is 3.31. The van der Waals surface area contributed by atoms with Gasteiger partial charge in [0.15, 0.2) is 0 Å². The summed E-state index contributed by atoms with van der Waals surface area (Å²) in [6.45, 7) is 0.641. The fraction of sp³-hybridized carbons (Fsp3) is 0.278. The molecule has 24 heavy (non-hydrogen) atoms. The van der Waals surface area contributed by atoms with Crippen LogP contribution in [-0.2, 0) is 24.1 Å². The van der Waals surface area contributed by atoms with Crippen LogP contribution in [0.25, 0.3) is 10.9 Å². The number of carbonyl (C=O) groups excluding carboxylic acids is 1. The number of aryl methyl sites for hydroxylation is 3. The van der Waals surface area contributed by atoms with Crippen LogP contribution in [0.4, 0.5) is 0 Å². The fourth-order valence-corrected chi connectivity index (χ4v) is 3.41. The van der Waals surface area contributed by atoms with E-state index in [2.05, 4.69) is 21.8 Å². The number of nitriles is 1. The van der Waals surface area contributed by atoms with Gasteiger partial charge in [-0.3, -0.25) is 0 Å². The Morgan fingerprint density at radius 1 is 1.42 bits per heavy atom. The second kappa shape index (κ2) is 7.28. The number of thiazole rings is 1. The zero-order valence-electron chi connectivity index (χ0n) is 13.4. The molecule has 0 amide bonds.